The summed E-state index contributed by atoms with van der Waals surface area (Å²) < 4.78 is 42.9. The van der Waals surface area contributed by atoms with Crippen molar-refractivity contribution in [2.45, 2.75) is 13.8 Å². The Balaban J connectivity index is 2.01. The zero-order chi connectivity index (χ0) is 21.7. The lowest BCUT2D eigenvalue weighted by molar-refractivity contribution is 0.835. The first-order chi connectivity index (χ1) is 14.2. The number of aromatic nitrogens is 4. The fraction of sp³-hybridized carbons (Fsp3) is 0.100. The molecule has 0 fully saturated rings. The van der Waals surface area contributed by atoms with Gasteiger partial charge in [0.1, 0.15) is 0 Å². The molecule has 124 valence electrons. The molecule has 4 aromatic rings. The van der Waals surface area contributed by atoms with Crippen LogP contribution in [0, 0.1) is 13.8 Å². The number of benzene rings is 2. The Kier molecular flexibility index (Phi) is 2.50. The second-order valence-corrected chi connectivity index (χ2v) is 5.64. The van der Waals surface area contributed by atoms with E-state index in [0.29, 0.717) is 28.3 Å². The van der Waals surface area contributed by atoms with Crippen molar-refractivity contribution in [1.29, 1.82) is 0 Å². The van der Waals surface area contributed by atoms with Gasteiger partial charge in [-0.2, -0.15) is 5.10 Å². The minimum absolute atomic E-state index is 0.102. The second-order valence-electron chi connectivity index (χ2n) is 5.64. The molecule has 2 heterocycles. The molecule has 0 atom stereocenters. The van der Waals surface area contributed by atoms with Crippen molar-refractivity contribution in [2.24, 2.45) is 0 Å². The predicted octanol–water partition coefficient (Wildman–Crippen LogP) is 3.64. The summed E-state index contributed by atoms with van der Waals surface area (Å²) in [5, 5.41) is 7.38. The molecule has 0 aliphatic rings. The third-order valence-corrected chi connectivity index (χ3v) is 3.87. The number of rotatable bonds is 3. The summed E-state index contributed by atoms with van der Waals surface area (Å²) >= 11 is 0. The molecule has 0 unspecified atom stereocenters. The van der Waals surface area contributed by atoms with E-state index >= 15 is 0 Å². The van der Waals surface area contributed by atoms with Crippen LogP contribution < -0.4 is 5.56 Å². The van der Waals surface area contributed by atoms with Crippen molar-refractivity contribution in [1.82, 2.24) is 19.6 Å². The standard InChI is InChI=1S/C20H18N4O/c1-14-13-18(23(21-14)16-9-5-3-6-10-16)19-15(2)22-24(20(19)25)17-11-7-4-8-12-17/h3-13,22H,1-2H3/i3D,5D,6D,9D,10D. The van der Waals surface area contributed by atoms with Crippen LogP contribution in [0.1, 0.15) is 18.2 Å². The molecule has 0 bridgehead atoms. The lowest BCUT2D eigenvalue weighted by atomic mass is 10.1. The first-order valence-corrected chi connectivity index (χ1v) is 7.73. The van der Waals surface area contributed by atoms with Crippen LogP contribution in [0.25, 0.3) is 22.6 Å². The molecule has 0 radical (unpaired) electrons. The Hall–Kier alpha value is -3.34. The molecule has 0 saturated heterocycles. The topological polar surface area (TPSA) is 55.6 Å². The molecule has 0 amide bonds. The smallest absolute Gasteiger partial charge is 0.280 e. The monoisotopic (exact) mass is 335 g/mol. The van der Waals surface area contributed by atoms with Gasteiger partial charge in [0.25, 0.3) is 5.56 Å². The van der Waals surface area contributed by atoms with Crippen LogP contribution in [-0.4, -0.2) is 19.6 Å². The van der Waals surface area contributed by atoms with Crippen LogP contribution >= 0.6 is 0 Å². The zero-order valence-electron chi connectivity index (χ0n) is 18.7. The minimum atomic E-state index is -0.483. The average Bonchev–Trinajstić information content (AvgIpc) is 3.24. The number of hydrogen-bond donors (Lipinski definition) is 1. The van der Waals surface area contributed by atoms with Crippen molar-refractivity contribution in [3.8, 4) is 22.6 Å². The highest BCUT2D eigenvalue weighted by molar-refractivity contribution is 5.65. The van der Waals surface area contributed by atoms with E-state index in [-0.39, 0.29) is 23.3 Å². The third-order valence-electron chi connectivity index (χ3n) is 3.87. The molecule has 25 heavy (non-hydrogen) atoms. The highest BCUT2D eigenvalue weighted by atomic mass is 16.1. The van der Waals surface area contributed by atoms with Crippen LogP contribution in [0.4, 0.5) is 0 Å². The van der Waals surface area contributed by atoms with Gasteiger partial charge < -0.3 is 0 Å². The van der Waals surface area contributed by atoms with Crippen molar-refractivity contribution in [3.05, 3.63) is 88.4 Å². The Bertz CT molecular complexity index is 1310. The first kappa shape index (κ1) is 10.5. The number of para-hydroxylation sites is 2. The van der Waals surface area contributed by atoms with E-state index < -0.39 is 18.1 Å². The number of nitrogens with one attached hydrogen (secondary N) is 1. The number of aryl methyl sites for hydroxylation is 2. The van der Waals surface area contributed by atoms with Gasteiger partial charge in [-0.3, -0.25) is 9.89 Å². The number of hydrogen-bond acceptors (Lipinski definition) is 2. The number of aromatic amines is 1. The summed E-state index contributed by atoms with van der Waals surface area (Å²) in [5.74, 6) is 0. The van der Waals surface area contributed by atoms with Gasteiger partial charge in [0.2, 0.25) is 0 Å². The van der Waals surface area contributed by atoms with E-state index in [2.05, 4.69) is 10.2 Å². The highest BCUT2D eigenvalue weighted by Crippen LogP contribution is 2.24. The largest absolute Gasteiger partial charge is 0.295 e. The maximum Gasteiger partial charge on any atom is 0.280 e. The normalized spacial score (nSPS) is 13.8. The van der Waals surface area contributed by atoms with Crippen molar-refractivity contribution in [2.75, 3.05) is 0 Å². The molecule has 0 aliphatic carbocycles. The Morgan fingerprint density at radius 2 is 1.76 bits per heavy atom. The molecule has 5 heteroatoms. The maximum absolute atomic E-state index is 13.2. The van der Waals surface area contributed by atoms with E-state index in [1.165, 1.54) is 9.36 Å². The summed E-state index contributed by atoms with van der Waals surface area (Å²) in [6.07, 6.45) is 0. The van der Waals surface area contributed by atoms with E-state index in [1.54, 1.807) is 32.0 Å². The molecule has 2 aromatic carbocycles. The molecule has 0 spiro atoms. The van der Waals surface area contributed by atoms with Crippen LogP contribution in [0.15, 0.2) is 71.4 Å². The summed E-state index contributed by atoms with van der Waals surface area (Å²) in [5.41, 5.74) is 2.00. The third kappa shape index (κ3) is 2.59. The highest BCUT2D eigenvalue weighted by Gasteiger charge is 2.19. The van der Waals surface area contributed by atoms with Crippen LogP contribution in [0.3, 0.4) is 0 Å². The van der Waals surface area contributed by atoms with Gasteiger partial charge in [-0.25, -0.2) is 9.36 Å². The fourth-order valence-corrected chi connectivity index (χ4v) is 2.80. The van der Waals surface area contributed by atoms with Gasteiger partial charge in [-0.05, 0) is 44.1 Å². The Morgan fingerprint density at radius 1 is 1.04 bits per heavy atom. The lowest BCUT2D eigenvalue weighted by Crippen LogP contribution is -2.16. The van der Waals surface area contributed by atoms with E-state index in [9.17, 15) is 4.79 Å². The van der Waals surface area contributed by atoms with E-state index in [0.717, 1.165) is 0 Å². The van der Waals surface area contributed by atoms with Crippen LogP contribution in [-0.2, 0) is 0 Å². The van der Waals surface area contributed by atoms with Gasteiger partial charge in [-0.1, -0.05) is 36.3 Å². The Labute approximate surface area is 152 Å². The molecule has 5 nitrogen and oxygen atoms in total. The molecule has 2 aromatic heterocycles. The minimum Gasteiger partial charge on any atom is -0.295 e. The summed E-state index contributed by atoms with van der Waals surface area (Å²) in [7, 11) is 0. The summed E-state index contributed by atoms with van der Waals surface area (Å²) in [6.45, 7) is 3.46. The summed E-state index contributed by atoms with van der Waals surface area (Å²) in [4.78, 5) is 13.2. The first-order valence-electron chi connectivity index (χ1n) is 10.2. The molecular weight excluding hydrogens is 312 g/mol. The average molecular weight is 335 g/mol. The fourth-order valence-electron chi connectivity index (χ4n) is 2.80. The molecule has 0 saturated carbocycles. The van der Waals surface area contributed by atoms with Gasteiger partial charge in [0.15, 0.2) is 0 Å². The molecule has 1 N–H and O–H groups in total. The maximum atomic E-state index is 13.2. The number of nitrogens with zero attached hydrogens (tertiary/aromatic N) is 3. The van der Waals surface area contributed by atoms with Gasteiger partial charge in [0, 0.05) is 5.69 Å². The van der Waals surface area contributed by atoms with Crippen LogP contribution in [0.2, 0.25) is 0 Å². The van der Waals surface area contributed by atoms with E-state index in [1.807, 2.05) is 18.2 Å². The van der Waals surface area contributed by atoms with Gasteiger partial charge in [0.05, 0.1) is 35.2 Å². The van der Waals surface area contributed by atoms with Gasteiger partial charge >= 0.3 is 0 Å². The second kappa shape index (κ2) is 5.94. The Morgan fingerprint density at radius 3 is 2.48 bits per heavy atom. The molecule has 0 aliphatic heterocycles. The van der Waals surface area contributed by atoms with E-state index in [4.69, 9.17) is 6.85 Å². The van der Waals surface area contributed by atoms with Crippen LogP contribution in [0.5, 0.6) is 0 Å². The predicted molar refractivity (Wildman–Crippen MR) is 98.4 cm³/mol. The quantitative estimate of drug-likeness (QED) is 0.621. The van der Waals surface area contributed by atoms with Gasteiger partial charge in [-0.15, -0.1) is 0 Å². The van der Waals surface area contributed by atoms with Crippen molar-refractivity contribution < 1.29 is 6.85 Å². The van der Waals surface area contributed by atoms with Crippen molar-refractivity contribution >= 4 is 0 Å². The lowest BCUT2D eigenvalue weighted by Gasteiger charge is -2.06. The number of H-pyrrole nitrogens is 1. The summed E-state index contributed by atoms with van der Waals surface area (Å²) in [6, 6.07) is 8.55. The van der Waals surface area contributed by atoms with Crippen molar-refractivity contribution in [3.63, 3.8) is 0 Å². The zero-order valence-corrected chi connectivity index (χ0v) is 13.7. The SMILES string of the molecule is [2H]c1c([2H])c([2H])c(-n2nc(C)cc2-c2c(C)[nH]n(-c3ccccc3)c2=O)c([2H])c1[2H]. The molecular formula is C20H18N4O. The molecule has 4 rings (SSSR count).